The molecule has 1 amide bonds. The number of carbonyl (C=O) groups excluding carboxylic acids is 1. The highest BCUT2D eigenvalue weighted by Crippen LogP contribution is 2.31. The number of pyridine rings is 1. The van der Waals surface area contributed by atoms with Crippen molar-refractivity contribution in [1.29, 1.82) is 0 Å². The van der Waals surface area contributed by atoms with Crippen molar-refractivity contribution in [1.82, 2.24) is 10.3 Å². The summed E-state index contributed by atoms with van der Waals surface area (Å²) in [7, 11) is 1.78. The number of hydrogen-bond donors (Lipinski definition) is 2. The maximum atomic E-state index is 12.0. The molecule has 0 unspecified atom stereocenters. The summed E-state index contributed by atoms with van der Waals surface area (Å²) in [6, 6.07) is 11.1. The van der Waals surface area contributed by atoms with E-state index in [9.17, 15) is 4.79 Å². The lowest BCUT2D eigenvalue weighted by Crippen LogP contribution is -2.34. The summed E-state index contributed by atoms with van der Waals surface area (Å²) >= 11 is 0. The minimum Gasteiger partial charge on any atom is -0.486 e. The quantitative estimate of drug-likeness (QED) is 0.884. The molecule has 2 N–H and O–H groups in total. The molecule has 0 aliphatic carbocycles. The molecule has 23 heavy (non-hydrogen) atoms. The van der Waals surface area contributed by atoms with E-state index >= 15 is 0 Å². The lowest BCUT2D eigenvalue weighted by molar-refractivity contribution is 0.0812. The summed E-state index contributed by atoms with van der Waals surface area (Å²) in [6.07, 6.45) is 2.18. The second kappa shape index (κ2) is 7.00. The second-order valence-corrected chi connectivity index (χ2v) is 5.22. The van der Waals surface area contributed by atoms with Crippen molar-refractivity contribution in [2.24, 2.45) is 0 Å². The molecule has 0 bridgehead atoms. The van der Waals surface area contributed by atoms with E-state index in [0.29, 0.717) is 25.1 Å². The monoisotopic (exact) mass is 313 g/mol. The number of ether oxygens (including phenoxy) is 2. The van der Waals surface area contributed by atoms with Gasteiger partial charge in [0, 0.05) is 26.2 Å². The smallest absolute Gasteiger partial charge is 0.252 e. The van der Waals surface area contributed by atoms with Gasteiger partial charge < -0.3 is 20.1 Å². The van der Waals surface area contributed by atoms with Crippen LogP contribution in [0, 0.1) is 0 Å². The molecule has 1 aliphatic rings. The first kappa shape index (κ1) is 15.1. The van der Waals surface area contributed by atoms with Gasteiger partial charge in [-0.25, -0.2) is 4.98 Å². The van der Waals surface area contributed by atoms with Gasteiger partial charge in [-0.15, -0.1) is 0 Å². The predicted molar refractivity (Wildman–Crippen MR) is 87.1 cm³/mol. The molecule has 0 saturated carbocycles. The third-order valence-corrected chi connectivity index (χ3v) is 3.60. The van der Waals surface area contributed by atoms with Crippen LogP contribution < -0.4 is 20.1 Å². The Morgan fingerprint density at radius 3 is 2.83 bits per heavy atom. The lowest BCUT2D eigenvalue weighted by Gasteiger charge is -2.26. The zero-order valence-electron chi connectivity index (χ0n) is 12.9. The van der Waals surface area contributed by atoms with Crippen molar-refractivity contribution in [3.05, 3.63) is 48.2 Å². The largest absolute Gasteiger partial charge is 0.486 e. The molecular formula is C17H19N3O3. The van der Waals surface area contributed by atoms with Crippen molar-refractivity contribution >= 4 is 11.7 Å². The molecule has 0 spiro atoms. The number of para-hydroxylation sites is 2. The van der Waals surface area contributed by atoms with Gasteiger partial charge in [0.05, 0.1) is 5.56 Å². The van der Waals surface area contributed by atoms with Crippen LogP contribution in [0.5, 0.6) is 11.5 Å². The molecular weight excluding hydrogens is 294 g/mol. The molecule has 1 aromatic carbocycles. The Kier molecular flexibility index (Phi) is 4.61. The molecule has 3 rings (SSSR count). The third kappa shape index (κ3) is 3.71. The highest BCUT2D eigenvalue weighted by molar-refractivity contribution is 5.94. The highest BCUT2D eigenvalue weighted by Gasteiger charge is 2.20. The fourth-order valence-corrected chi connectivity index (χ4v) is 2.33. The summed E-state index contributed by atoms with van der Waals surface area (Å²) in [5, 5.41) is 5.79. The summed E-state index contributed by atoms with van der Waals surface area (Å²) in [5.41, 5.74) is 0.537. The number of hydrogen-bond acceptors (Lipinski definition) is 5. The van der Waals surface area contributed by atoms with Gasteiger partial charge in [0.25, 0.3) is 5.91 Å². The number of benzene rings is 1. The van der Waals surface area contributed by atoms with E-state index in [-0.39, 0.29) is 12.0 Å². The maximum Gasteiger partial charge on any atom is 0.252 e. The maximum absolute atomic E-state index is 12.0. The van der Waals surface area contributed by atoms with Crippen molar-refractivity contribution < 1.29 is 14.3 Å². The van der Waals surface area contributed by atoms with Gasteiger partial charge in [-0.3, -0.25) is 4.79 Å². The van der Waals surface area contributed by atoms with Crippen molar-refractivity contribution in [2.45, 2.75) is 12.5 Å². The number of nitrogens with one attached hydrogen (secondary N) is 2. The Balaban J connectivity index is 1.47. The zero-order valence-corrected chi connectivity index (χ0v) is 12.9. The van der Waals surface area contributed by atoms with Crippen LogP contribution in [-0.4, -0.2) is 37.2 Å². The molecule has 1 aromatic heterocycles. The number of fused-ring (bicyclic) bond motifs is 1. The summed E-state index contributed by atoms with van der Waals surface area (Å²) in [6.45, 7) is 1.01. The van der Waals surface area contributed by atoms with Gasteiger partial charge in [0.1, 0.15) is 18.5 Å². The Labute approximate surface area is 134 Å². The predicted octanol–water partition coefficient (Wildman–Crippen LogP) is 2.08. The minimum atomic E-state index is -0.141. The SMILES string of the molecule is CNc1ccc(C(=O)NCC[C@@H]2COc3ccccc3O2)cn1. The van der Waals surface area contributed by atoms with Gasteiger partial charge >= 0.3 is 0 Å². The van der Waals surface area contributed by atoms with Gasteiger partial charge in [0.2, 0.25) is 0 Å². The first-order valence-corrected chi connectivity index (χ1v) is 7.57. The Bertz CT molecular complexity index is 673. The number of anilines is 1. The number of aromatic nitrogens is 1. The van der Waals surface area contributed by atoms with Crippen LogP contribution in [-0.2, 0) is 0 Å². The van der Waals surface area contributed by atoms with E-state index in [4.69, 9.17) is 9.47 Å². The van der Waals surface area contributed by atoms with Crippen LogP contribution >= 0.6 is 0 Å². The Morgan fingerprint density at radius 2 is 2.09 bits per heavy atom. The summed E-state index contributed by atoms with van der Waals surface area (Å²) < 4.78 is 11.5. The average Bonchev–Trinajstić information content (AvgIpc) is 2.61. The topological polar surface area (TPSA) is 72.5 Å². The first-order valence-electron chi connectivity index (χ1n) is 7.57. The third-order valence-electron chi connectivity index (χ3n) is 3.60. The number of carbonyl (C=O) groups is 1. The zero-order chi connectivity index (χ0) is 16.1. The van der Waals surface area contributed by atoms with Crippen molar-refractivity contribution in [3.8, 4) is 11.5 Å². The summed E-state index contributed by atoms with van der Waals surface area (Å²) in [5.74, 6) is 2.11. The van der Waals surface area contributed by atoms with Crippen LogP contribution in [0.4, 0.5) is 5.82 Å². The molecule has 0 fully saturated rings. The van der Waals surface area contributed by atoms with Gasteiger partial charge in [0.15, 0.2) is 11.5 Å². The molecule has 120 valence electrons. The molecule has 2 aromatic rings. The number of amides is 1. The van der Waals surface area contributed by atoms with Crippen LogP contribution in [0.1, 0.15) is 16.8 Å². The van der Waals surface area contributed by atoms with E-state index in [1.165, 1.54) is 0 Å². The minimum absolute atomic E-state index is 0.0602. The number of rotatable bonds is 5. The van der Waals surface area contributed by atoms with Gasteiger partial charge in [-0.1, -0.05) is 12.1 Å². The van der Waals surface area contributed by atoms with Crippen LogP contribution in [0.15, 0.2) is 42.6 Å². The molecule has 2 heterocycles. The van der Waals surface area contributed by atoms with E-state index in [0.717, 1.165) is 17.3 Å². The second-order valence-electron chi connectivity index (χ2n) is 5.22. The fourth-order valence-electron chi connectivity index (χ4n) is 2.33. The normalized spacial score (nSPS) is 15.8. The summed E-state index contributed by atoms with van der Waals surface area (Å²) in [4.78, 5) is 16.2. The standard InChI is InChI=1S/C17H19N3O3/c1-18-16-7-6-12(10-20-16)17(21)19-9-8-13-11-22-14-4-2-3-5-15(14)23-13/h2-7,10,13H,8-9,11H2,1H3,(H,18,20)(H,19,21)/t13-/m1/s1. The highest BCUT2D eigenvalue weighted by atomic mass is 16.6. The lowest BCUT2D eigenvalue weighted by atomic mass is 10.2. The molecule has 0 saturated heterocycles. The van der Waals surface area contributed by atoms with E-state index in [2.05, 4.69) is 15.6 Å². The Morgan fingerprint density at radius 1 is 1.26 bits per heavy atom. The van der Waals surface area contributed by atoms with Crippen molar-refractivity contribution in [2.75, 3.05) is 25.5 Å². The van der Waals surface area contributed by atoms with E-state index in [1.54, 1.807) is 25.4 Å². The van der Waals surface area contributed by atoms with Crippen molar-refractivity contribution in [3.63, 3.8) is 0 Å². The molecule has 6 heteroatoms. The first-order chi connectivity index (χ1) is 11.3. The van der Waals surface area contributed by atoms with Crippen LogP contribution in [0.2, 0.25) is 0 Å². The van der Waals surface area contributed by atoms with Gasteiger partial charge in [-0.05, 0) is 24.3 Å². The average molecular weight is 313 g/mol. The van der Waals surface area contributed by atoms with Gasteiger partial charge in [-0.2, -0.15) is 0 Å². The molecule has 1 atom stereocenters. The van der Waals surface area contributed by atoms with Crippen LogP contribution in [0.3, 0.4) is 0 Å². The fraction of sp³-hybridized carbons (Fsp3) is 0.294. The van der Waals surface area contributed by atoms with E-state index < -0.39 is 0 Å². The number of nitrogens with zero attached hydrogens (tertiary/aromatic N) is 1. The van der Waals surface area contributed by atoms with E-state index in [1.807, 2.05) is 24.3 Å². The Hall–Kier alpha value is -2.76. The molecule has 0 radical (unpaired) electrons. The molecule has 6 nitrogen and oxygen atoms in total. The molecule has 1 aliphatic heterocycles. The van der Waals surface area contributed by atoms with Crippen LogP contribution in [0.25, 0.3) is 0 Å².